The van der Waals surface area contributed by atoms with E-state index in [0.29, 0.717) is 11.5 Å². The van der Waals surface area contributed by atoms with Gasteiger partial charge in [-0.15, -0.1) is 0 Å². The number of amides is 1. The second kappa shape index (κ2) is 5.79. The first-order valence-electron chi connectivity index (χ1n) is 8.48. The molecule has 1 amide bonds. The maximum atomic E-state index is 12.6. The molecule has 4 atom stereocenters. The van der Waals surface area contributed by atoms with Crippen molar-refractivity contribution in [3.63, 3.8) is 0 Å². The zero-order chi connectivity index (χ0) is 16.0. The van der Waals surface area contributed by atoms with Crippen LogP contribution in [-0.2, 0) is 0 Å². The molecule has 2 aliphatic carbocycles. The number of pyridine rings is 1. The number of rotatable bonds is 3. The first-order valence-corrected chi connectivity index (χ1v) is 8.86. The van der Waals surface area contributed by atoms with Crippen molar-refractivity contribution >= 4 is 28.4 Å². The molecule has 0 saturated heterocycles. The van der Waals surface area contributed by atoms with E-state index in [1.165, 1.54) is 25.7 Å². The molecule has 23 heavy (non-hydrogen) atoms. The molecule has 1 aromatic heterocycles. The summed E-state index contributed by atoms with van der Waals surface area (Å²) in [6.07, 6.45) is 5.31. The van der Waals surface area contributed by atoms with Gasteiger partial charge in [-0.25, -0.2) is 4.98 Å². The van der Waals surface area contributed by atoms with Gasteiger partial charge in [0.1, 0.15) is 5.15 Å². The first-order chi connectivity index (χ1) is 11.1. The third kappa shape index (κ3) is 2.72. The fourth-order valence-electron chi connectivity index (χ4n) is 4.55. The molecule has 2 fully saturated rings. The predicted octanol–water partition coefficient (Wildman–Crippen LogP) is 4.44. The molecule has 0 radical (unpaired) electrons. The molecular weight excluding hydrogens is 308 g/mol. The summed E-state index contributed by atoms with van der Waals surface area (Å²) in [6.45, 7) is 2.13. The second-order valence-electron chi connectivity index (χ2n) is 7.12. The molecule has 1 N–H and O–H groups in total. The van der Waals surface area contributed by atoms with Crippen molar-refractivity contribution < 1.29 is 4.79 Å². The van der Waals surface area contributed by atoms with E-state index in [0.717, 1.165) is 22.7 Å². The zero-order valence-electron chi connectivity index (χ0n) is 13.3. The number of fused-ring (bicyclic) bond motifs is 3. The van der Waals surface area contributed by atoms with E-state index < -0.39 is 0 Å². The van der Waals surface area contributed by atoms with Crippen molar-refractivity contribution in [2.24, 2.45) is 17.8 Å². The molecule has 2 saturated carbocycles. The average Bonchev–Trinajstić information content (AvgIpc) is 3.17. The number of hydrogen-bond donors (Lipinski definition) is 1. The van der Waals surface area contributed by atoms with Gasteiger partial charge in [0.15, 0.2) is 0 Å². The van der Waals surface area contributed by atoms with Gasteiger partial charge in [-0.1, -0.05) is 36.2 Å². The van der Waals surface area contributed by atoms with Gasteiger partial charge in [0.2, 0.25) is 0 Å². The summed E-state index contributed by atoms with van der Waals surface area (Å²) in [5.74, 6) is 2.18. The van der Waals surface area contributed by atoms with E-state index in [1.807, 2.05) is 30.3 Å². The van der Waals surface area contributed by atoms with Crippen LogP contribution in [0.3, 0.4) is 0 Å². The average molecular weight is 329 g/mol. The quantitative estimate of drug-likeness (QED) is 0.846. The molecule has 0 aliphatic heterocycles. The summed E-state index contributed by atoms with van der Waals surface area (Å²) in [7, 11) is 0. The lowest BCUT2D eigenvalue weighted by Gasteiger charge is -2.28. The Kier molecular flexibility index (Phi) is 3.76. The van der Waals surface area contributed by atoms with Crippen LogP contribution < -0.4 is 5.32 Å². The minimum atomic E-state index is -0.108. The minimum Gasteiger partial charge on any atom is -0.349 e. The van der Waals surface area contributed by atoms with Crippen molar-refractivity contribution in [2.45, 2.75) is 38.6 Å². The lowest BCUT2D eigenvalue weighted by atomic mass is 9.84. The molecule has 3 nitrogen and oxygen atoms in total. The standard InChI is InChI=1S/C19H21ClN2O/c1-11(15-9-12-6-7-13(15)8-12)21-19(23)16-10-14-4-2-3-5-17(14)22-18(16)20/h2-5,10-13,15H,6-9H2,1H3,(H,21,23)/t11-,12-,13-,15-/m0/s1. The highest BCUT2D eigenvalue weighted by Crippen LogP contribution is 2.49. The van der Waals surface area contributed by atoms with E-state index in [1.54, 1.807) is 0 Å². The maximum Gasteiger partial charge on any atom is 0.254 e. The molecule has 4 rings (SSSR count). The lowest BCUT2D eigenvalue weighted by Crippen LogP contribution is -2.40. The first kappa shape index (κ1) is 14.9. The van der Waals surface area contributed by atoms with Crippen LogP contribution in [0.25, 0.3) is 10.9 Å². The predicted molar refractivity (Wildman–Crippen MR) is 92.6 cm³/mol. The van der Waals surface area contributed by atoms with Crippen LogP contribution in [0.4, 0.5) is 0 Å². The number of aromatic nitrogens is 1. The van der Waals surface area contributed by atoms with Crippen molar-refractivity contribution in [3.8, 4) is 0 Å². The summed E-state index contributed by atoms with van der Waals surface area (Å²) < 4.78 is 0. The van der Waals surface area contributed by atoms with Gasteiger partial charge >= 0.3 is 0 Å². The van der Waals surface area contributed by atoms with Crippen LogP contribution >= 0.6 is 11.6 Å². The number of carbonyl (C=O) groups excluding carboxylic acids is 1. The Labute approximate surface area is 141 Å². The van der Waals surface area contributed by atoms with Gasteiger partial charge in [-0.2, -0.15) is 0 Å². The molecule has 1 aromatic carbocycles. The fourth-order valence-corrected chi connectivity index (χ4v) is 4.78. The van der Waals surface area contributed by atoms with Crippen LogP contribution in [0, 0.1) is 17.8 Å². The number of hydrogen-bond acceptors (Lipinski definition) is 2. The number of para-hydroxylation sites is 1. The molecule has 0 unspecified atom stereocenters. The van der Waals surface area contributed by atoms with E-state index in [2.05, 4.69) is 17.2 Å². The number of benzene rings is 1. The Morgan fingerprint density at radius 2 is 2.13 bits per heavy atom. The monoisotopic (exact) mass is 328 g/mol. The van der Waals surface area contributed by atoms with Crippen molar-refractivity contribution in [3.05, 3.63) is 41.0 Å². The molecule has 4 heteroatoms. The summed E-state index contributed by atoms with van der Waals surface area (Å²) in [4.78, 5) is 17.0. The third-order valence-corrected chi connectivity index (χ3v) is 6.00. The van der Waals surface area contributed by atoms with Gasteiger partial charge in [-0.3, -0.25) is 4.79 Å². The number of nitrogens with one attached hydrogen (secondary N) is 1. The van der Waals surface area contributed by atoms with Gasteiger partial charge in [0.25, 0.3) is 5.91 Å². The smallest absolute Gasteiger partial charge is 0.254 e. The van der Waals surface area contributed by atoms with Crippen LogP contribution in [0.2, 0.25) is 5.15 Å². The van der Waals surface area contributed by atoms with Crippen LogP contribution in [0.15, 0.2) is 30.3 Å². The second-order valence-corrected chi connectivity index (χ2v) is 7.48. The fraction of sp³-hybridized carbons (Fsp3) is 0.474. The highest BCUT2D eigenvalue weighted by atomic mass is 35.5. The molecule has 2 bridgehead atoms. The Hall–Kier alpha value is -1.61. The van der Waals surface area contributed by atoms with E-state index >= 15 is 0 Å². The minimum absolute atomic E-state index is 0.108. The highest BCUT2D eigenvalue weighted by molar-refractivity contribution is 6.33. The summed E-state index contributed by atoms with van der Waals surface area (Å²) >= 11 is 6.23. The third-order valence-electron chi connectivity index (χ3n) is 5.72. The summed E-state index contributed by atoms with van der Waals surface area (Å²) in [6, 6.07) is 9.75. The summed E-state index contributed by atoms with van der Waals surface area (Å²) in [5, 5.41) is 4.38. The van der Waals surface area contributed by atoms with E-state index in [-0.39, 0.29) is 17.1 Å². The van der Waals surface area contributed by atoms with E-state index in [4.69, 9.17) is 11.6 Å². The number of carbonyl (C=O) groups is 1. The highest BCUT2D eigenvalue weighted by Gasteiger charge is 2.42. The normalized spacial score (nSPS) is 27.3. The molecule has 1 heterocycles. The maximum absolute atomic E-state index is 12.6. The Balaban J connectivity index is 1.53. The zero-order valence-corrected chi connectivity index (χ0v) is 14.0. The number of halogens is 1. The van der Waals surface area contributed by atoms with Gasteiger partial charge in [-0.05, 0) is 56.1 Å². The van der Waals surface area contributed by atoms with Crippen LogP contribution in [0.5, 0.6) is 0 Å². The molecule has 2 aromatic rings. The number of nitrogens with zero attached hydrogens (tertiary/aromatic N) is 1. The van der Waals surface area contributed by atoms with Crippen molar-refractivity contribution in [1.82, 2.24) is 10.3 Å². The molecule has 0 spiro atoms. The molecule has 120 valence electrons. The largest absolute Gasteiger partial charge is 0.349 e. The Morgan fingerprint density at radius 1 is 1.30 bits per heavy atom. The van der Waals surface area contributed by atoms with Gasteiger partial charge in [0, 0.05) is 11.4 Å². The Bertz CT molecular complexity index is 760. The molecular formula is C19H21ClN2O. The van der Waals surface area contributed by atoms with Gasteiger partial charge in [0.05, 0.1) is 11.1 Å². The van der Waals surface area contributed by atoms with Gasteiger partial charge < -0.3 is 5.32 Å². The van der Waals surface area contributed by atoms with Crippen molar-refractivity contribution in [2.75, 3.05) is 0 Å². The van der Waals surface area contributed by atoms with Crippen molar-refractivity contribution in [1.29, 1.82) is 0 Å². The summed E-state index contributed by atoms with van der Waals surface area (Å²) in [5.41, 5.74) is 1.29. The Morgan fingerprint density at radius 3 is 2.87 bits per heavy atom. The van der Waals surface area contributed by atoms with E-state index in [9.17, 15) is 4.79 Å². The lowest BCUT2D eigenvalue weighted by molar-refractivity contribution is 0.0915. The van der Waals surface area contributed by atoms with Crippen LogP contribution in [0.1, 0.15) is 43.0 Å². The van der Waals surface area contributed by atoms with Crippen LogP contribution in [-0.4, -0.2) is 16.9 Å². The topological polar surface area (TPSA) is 42.0 Å². The SMILES string of the molecule is C[C@H](NC(=O)c1cc2ccccc2nc1Cl)[C@@H]1C[C@H]2CC[C@H]1C2. The molecule has 2 aliphatic rings.